The van der Waals surface area contributed by atoms with Crippen LogP contribution in [0.5, 0.6) is 5.75 Å². The first kappa shape index (κ1) is 54.6. The highest BCUT2D eigenvalue weighted by atomic mass is 35.5. The number of hydrogen-bond donors (Lipinski definition) is 5. The summed E-state index contributed by atoms with van der Waals surface area (Å²) in [7, 11) is 0. The van der Waals surface area contributed by atoms with Gasteiger partial charge < -0.3 is 41.3 Å². The van der Waals surface area contributed by atoms with Crippen molar-refractivity contribution in [3.8, 4) is 27.3 Å². The van der Waals surface area contributed by atoms with Gasteiger partial charge in [-0.3, -0.25) is 28.7 Å². The van der Waals surface area contributed by atoms with Crippen LogP contribution in [0.4, 0.5) is 10.2 Å². The normalized spacial score (nSPS) is 17.0. The van der Waals surface area contributed by atoms with Gasteiger partial charge in [-0.05, 0) is 74.3 Å². The molecule has 0 bridgehead atoms. The van der Waals surface area contributed by atoms with E-state index in [4.69, 9.17) is 33.7 Å². The number of aromatic nitrogens is 4. The first-order valence-corrected chi connectivity index (χ1v) is 26.1. The van der Waals surface area contributed by atoms with Crippen molar-refractivity contribution in [1.29, 1.82) is 0 Å². The minimum Gasteiger partial charge on any atom is -0.482 e. The Morgan fingerprint density at radius 2 is 1.67 bits per heavy atom. The summed E-state index contributed by atoms with van der Waals surface area (Å²) in [4.78, 5) is 79.3. The predicted octanol–water partition coefficient (Wildman–Crippen LogP) is 7.58. The number of piperidine rings is 1. The molecule has 2 saturated heterocycles. The lowest BCUT2D eigenvalue weighted by Gasteiger charge is -2.35. The quantitative estimate of drug-likeness (QED) is 0.0400. The van der Waals surface area contributed by atoms with E-state index in [1.807, 2.05) is 67.7 Å². The van der Waals surface area contributed by atoms with Gasteiger partial charge in [-0.1, -0.05) is 68.2 Å². The molecular weight excluding hydrogens is 999 g/mol. The molecule has 390 valence electrons. The smallest absolute Gasteiger partial charge is 0.246 e. The zero-order chi connectivity index (χ0) is 52.6. The molecule has 5 aromatic rings. The number of nitrogens with two attached hydrogens (primary N) is 1. The number of ether oxygens (including phenoxy) is 1. The molecule has 73 heavy (non-hydrogen) atoms. The third-order valence-corrected chi connectivity index (χ3v) is 14.9. The van der Waals surface area contributed by atoms with E-state index in [0.29, 0.717) is 49.9 Å². The summed E-state index contributed by atoms with van der Waals surface area (Å²) >= 11 is 14.1. The van der Waals surface area contributed by atoms with E-state index >= 15 is 0 Å². The highest BCUT2D eigenvalue weighted by Gasteiger charge is 2.44. The summed E-state index contributed by atoms with van der Waals surface area (Å²) < 4.78 is 22.1. The van der Waals surface area contributed by atoms with Gasteiger partial charge in [-0.25, -0.2) is 14.4 Å². The number of rotatable bonds is 19. The third-order valence-electron chi connectivity index (χ3n) is 13.2. The van der Waals surface area contributed by atoms with Crippen molar-refractivity contribution in [3.63, 3.8) is 0 Å². The van der Waals surface area contributed by atoms with Gasteiger partial charge >= 0.3 is 0 Å². The van der Waals surface area contributed by atoms with Crippen LogP contribution in [0.1, 0.15) is 108 Å². The van der Waals surface area contributed by atoms with Crippen molar-refractivity contribution in [3.05, 3.63) is 99.2 Å². The van der Waals surface area contributed by atoms with Gasteiger partial charge in [0, 0.05) is 92.5 Å². The molecular formula is C52H63Cl2FN10O7S. The molecule has 4 atom stereocenters. The van der Waals surface area contributed by atoms with Gasteiger partial charge in [0.2, 0.25) is 29.5 Å². The summed E-state index contributed by atoms with van der Waals surface area (Å²) in [6, 6.07) is 10.3. The van der Waals surface area contributed by atoms with Gasteiger partial charge in [-0.2, -0.15) is 5.10 Å². The fraction of sp³-hybridized carbons (Fsp3) is 0.462. The Morgan fingerprint density at radius 1 is 0.945 bits per heavy atom. The topological polar surface area (TPSA) is 227 Å². The number of benzene rings is 2. The van der Waals surface area contributed by atoms with Crippen molar-refractivity contribution in [2.45, 2.75) is 123 Å². The number of nitrogens with one attached hydrogen (secondary N) is 3. The molecule has 0 radical (unpaired) electrons. The standard InChI is InChI=1S/C52H63Cl2FN10O7S/c1-30-47(73-29-60-30)33-13-11-32(12-14-33)24-59-50(70)40-23-37(66)28-64(40)51(71)48(52(3,4)5)62-43(68)9-7-19-57-42(67)8-6-10-44(69)63-20-17-36(18-21-63)65-27-35(26-61-65)34-22-41(49(56)58-25-34)72-31(2)45-38(53)15-16-39(55)46(45)54/h11-16,22,25-27,29,31,36-37,40,48,66H,6-10,17-21,23-24,28H2,1-5H3,(H2,56,58)(H,57,67)(H,59,70)(H,62,68)/t31-,37-,40+,48?/m1/s1. The Hall–Kier alpha value is -6.15. The van der Waals surface area contributed by atoms with Gasteiger partial charge in [0.25, 0.3) is 0 Å². The van der Waals surface area contributed by atoms with Crippen LogP contribution >= 0.6 is 34.5 Å². The molecule has 5 heterocycles. The number of β-amino-alcohol motifs (C(OH)–C–C–N with tert-alkyl or cyclic N) is 1. The monoisotopic (exact) mass is 1060 g/mol. The second-order valence-corrected chi connectivity index (χ2v) is 21.3. The fourth-order valence-electron chi connectivity index (χ4n) is 9.08. The number of amides is 5. The van der Waals surface area contributed by atoms with Crippen LogP contribution in [0.15, 0.2) is 66.6 Å². The molecule has 1 unspecified atom stereocenters. The number of nitrogen functional groups attached to an aromatic ring is 1. The Kier molecular flexibility index (Phi) is 18.1. The molecule has 0 aliphatic carbocycles. The minimum absolute atomic E-state index is 0.0258. The van der Waals surface area contributed by atoms with E-state index in [-0.39, 0.29) is 96.6 Å². The lowest BCUT2D eigenvalue weighted by atomic mass is 9.85. The van der Waals surface area contributed by atoms with E-state index in [1.54, 1.807) is 42.2 Å². The summed E-state index contributed by atoms with van der Waals surface area (Å²) in [5.41, 5.74) is 11.9. The number of halogens is 3. The molecule has 3 aromatic heterocycles. The van der Waals surface area contributed by atoms with Crippen molar-refractivity contribution < 1.29 is 38.2 Å². The Morgan fingerprint density at radius 3 is 2.37 bits per heavy atom. The summed E-state index contributed by atoms with van der Waals surface area (Å²) in [6.07, 6.45) is 6.19. The first-order chi connectivity index (χ1) is 34.8. The average molecular weight is 1060 g/mol. The highest BCUT2D eigenvalue weighted by Crippen LogP contribution is 2.38. The second kappa shape index (κ2) is 24.3. The van der Waals surface area contributed by atoms with Crippen molar-refractivity contribution in [1.82, 2.24) is 45.5 Å². The molecule has 21 heteroatoms. The number of aliphatic hydroxyl groups excluding tert-OH is 1. The molecule has 0 spiro atoms. The number of likely N-dealkylation sites (tertiary alicyclic amines) is 2. The Bertz CT molecular complexity index is 2780. The van der Waals surface area contributed by atoms with Crippen LogP contribution < -0.4 is 26.4 Å². The molecule has 2 aromatic carbocycles. The van der Waals surface area contributed by atoms with E-state index in [9.17, 15) is 33.5 Å². The van der Waals surface area contributed by atoms with Crippen LogP contribution in [-0.2, 0) is 30.5 Å². The van der Waals surface area contributed by atoms with Gasteiger partial charge in [0.15, 0.2) is 11.6 Å². The lowest BCUT2D eigenvalue weighted by Crippen LogP contribution is -2.57. The first-order valence-electron chi connectivity index (χ1n) is 24.5. The number of carbonyl (C=O) groups excluding carboxylic acids is 5. The molecule has 2 aliphatic heterocycles. The molecule has 7 rings (SSSR count). The summed E-state index contributed by atoms with van der Waals surface area (Å²) in [6.45, 7) is 10.6. The third kappa shape index (κ3) is 13.9. The maximum atomic E-state index is 14.2. The zero-order valence-corrected chi connectivity index (χ0v) is 44.0. The van der Waals surface area contributed by atoms with E-state index in [1.165, 1.54) is 17.0 Å². The number of thiazole rings is 1. The summed E-state index contributed by atoms with van der Waals surface area (Å²) in [5.74, 6) is -1.67. The number of carbonyl (C=O) groups is 5. The average Bonchev–Trinajstić information content (AvgIpc) is 4.13. The maximum absolute atomic E-state index is 14.2. The minimum atomic E-state index is -0.971. The highest BCUT2D eigenvalue weighted by molar-refractivity contribution is 7.13. The molecule has 2 fully saturated rings. The predicted molar refractivity (Wildman–Crippen MR) is 278 cm³/mol. The number of pyridine rings is 1. The number of hydrogen-bond acceptors (Lipinski definition) is 12. The van der Waals surface area contributed by atoms with E-state index in [2.05, 4.69) is 31.0 Å². The van der Waals surface area contributed by atoms with Gasteiger partial charge in [0.05, 0.1) is 39.4 Å². The number of nitrogens with zero attached hydrogens (tertiary/aromatic N) is 6. The largest absolute Gasteiger partial charge is 0.482 e. The second-order valence-electron chi connectivity index (χ2n) is 19.7. The van der Waals surface area contributed by atoms with E-state index < -0.39 is 41.4 Å². The van der Waals surface area contributed by atoms with Crippen LogP contribution in [0.25, 0.3) is 21.6 Å². The van der Waals surface area contributed by atoms with Crippen LogP contribution in [-0.4, -0.2) is 109 Å². The summed E-state index contributed by atoms with van der Waals surface area (Å²) in [5, 5.41) is 23.9. The Labute approximate surface area is 438 Å². The van der Waals surface area contributed by atoms with Crippen LogP contribution in [0.3, 0.4) is 0 Å². The molecule has 5 amide bonds. The number of aryl methyl sites for hydroxylation is 1. The Balaban J connectivity index is 0.794. The molecule has 2 aliphatic rings. The molecule has 17 nitrogen and oxygen atoms in total. The number of anilines is 1. The van der Waals surface area contributed by atoms with E-state index in [0.717, 1.165) is 27.3 Å². The maximum Gasteiger partial charge on any atom is 0.246 e. The van der Waals surface area contributed by atoms with Crippen LogP contribution in [0, 0.1) is 18.2 Å². The van der Waals surface area contributed by atoms with Crippen LogP contribution in [0.2, 0.25) is 10.0 Å². The molecule has 6 N–H and O–H groups in total. The van der Waals surface area contributed by atoms with Crippen molar-refractivity contribution >= 4 is 69.9 Å². The van der Waals surface area contributed by atoms with Crippen molar-refractivity contribution in [2.24, 2.45) is 5.41 Å². The van der Waals surface area contributed by atoms with Gasteiger partial charge in [-0.15, -0.1) is 11.3 Å². The van der Waals surface area contributed by atoms with Crippen molar-refractivity contribution in [2.75, 3.05) is 31.9 Å². The number of aliphatic hydroxyl groups is 1. The molecule has 0 saturated carbocycles. The SMILES string of the molecule is Cc1ncsc1-c1ccc(CNC(=O)[C@@H]2C[C@@H](O)CN2C(=O)C(NC(=O)CCCNC(=O)CCCC(=O)N2CCC(n3cc(-c4cnc(N)c(O[C@H](C)c5c(Cl)ccc(F)c5Cl)c4)cn3)CC2)C(C)(C)C)cc1. The van der Waals surface area contributed by atoms with Gasteiger partial charge in [0.1, 0.15) is 24.0 Å². The zero-order valence-electron chi connectivity index (χ0n) is 41.6. The fourth-order valence-corrected chi connectivity index (χ4v) is 10.6. The lowest BCUT2D eigenvalue weighted by molar-refractivity contribution is -0.144.